The molecule has 0 radical (unpaired) electrons. The highest BCUT2D eigenvalue weighted by molar-refractivity contribution is 5.95. The van der Waals surface area contributed by atoms with E-state index >= 15 is 0 Å². The van der Waals surface area contributed by atoms with E-state index in [4.69, 9.17) is 4.74 Å². The van der Waals surface area contributed by atoms with Crippen molar-refractivity contribution < 1.29 is 27.8 Å². The van der Waals surface area contributed by atoms with Crippen LogP contribution in [0.1, 0.15) is 21.6 Å². The molecule has 1 amide bonds. The van der Waals surface area contributed by atoms with Crippen LogP contribution in [0.2, 0.25) is 0 Å². The van der Waals surface area contributed by atoms with E-state index in [2.05, 4.69) is 10.4 Å². The average Bonchev–Trinajstić information content (AvgIpc) is 3.27. The fraction of sp³-hybridized carbons (Fsp3) is 0.154. The molecule has 180 valence electrons. The summed E-state index contributed by atoms with van der Waals surface area (Å²) in [5, 5.41) is 17.4. The second-order valence-corrected chi connectivity index (χ2v) is 7.64. The maximum atomic E-state index is 13.1. The smallest absolute Gasteiger partial charge is 0.422 e. The van der Waals surface area contributed by atoms with Crippen molar-refractivity contribution in [2.24, 2.45) is 0 Å². The normalized spacial score (nSPS) is 11.3. The molecule has 6 nitrogen and oxygen atoms in total. The van der Waals surface area contributed by atoms with Crippen molar-refractivity contribution in [1.82, 2.24) is 15.1 Å². The van der Waals surface area contributed by atoms with E-state index < -0.39 is 25.3 Å². The van der Waals surface area contributed by atoms with Crippen LogP contribution in [0.5, 0.6) is 5.75 Å². The summed E-state index contributed by atoms with van der Waals surface area (Å²) in [4.78, 5) is 13.1. The molecule has 0 unspecified atom stereocenters. The molecule has 2 N–H and O–H groups in total. The van der Waals surface area contributed by atoms with Gasteiger partial charge in [0.2, 0.25) is 0 Å². The van der Waals surface area contributed by atoms with Crippen LogP contribution in [0, 0.1) is 0 Å². The zero-order valence-electron chi connectivity index (χ0n) is 18.5. The molecule has 0 fully saturated rings. The van der Waals surface area contributed by atoms with Crippen molar-refractivity contribution in [3.63, 3.8) is 0 Å². The number of hydrogen-bond acceptors (Lipinski definition) is 4. The maximum absolute atomic E-state index is 13.1. The van der Waals surface area contributed by atoms with Crippen molar-refractivity contribution in [2.75, 3.05) is 6.61 Å². The number of nitrogens with one attached hydrogen (secondary N) is 1. The van der Waals surface area contributed by atoms with E-state index in [1.54, 1.807) is 22.9 Å². The lowest BCUT2D eigenvalue weighted by molar-refractivity contribution is -0.153. The van der Waals surface area contributed by atoms with E-state index in [9.17, 15) is 23.1 Å². The van der Waals surface area contributed by atoms with Crippen molar-refractivity contribution in [2.45, 2.75) is 19.3 Å². The van der Waals surface area contributed by atoms with Gasteiger partial charge in [-0.1, -0.05) is 66.7 Å². The summed E-state index contributed by atoms with van der Waals surface area (Å²) in [6.45, 7) is -1.96. The highest BCUT2D eigenvalue weighted by Crippen LogP contribution is 2.30. The molecule has 35 heavy (non-hydrogen) atoms. The van der Waals surface area contributed by atoms with Crippen LogP contribution in [0.15, 0.2) is 84.9 Å². The average molecular weight is 481 g/mol. The molecular weight excluding hydrogens is 459 g/mol. The number of halogens is 3. The summed E-state index contributed by atoms with van der Waals surface area (Å²) in [6.07, 6.45) is -4.48. The molecule has 0 aliphatic rings. The van der Waals surface area contributed by atoms with E-state index in [1.807, 2.05) is 60.7 Å². The highest BCUT2D eigenvalue weighted by Gasteiger charge is 2.29. The second-order valence-electron chi connectivity index (χ2n) is 7.64. The van der Waals surface area contributed by atoms with Crippen LogP contribution in [-0.4, -0.2) is 33.6 Å². The van der Waals surface area contributed by atoms with Gasteiger partial charge in [0, 0.05) is 23.2 Å². The fourth-order valence-corrected chi connectivity index (χ4v) is 3.64. The lowest BCUT2D eigenvalue weighted by Gasteiger charge is -2.13. The molecule has 0 saturated carbocycles. The number of para-hydroxylation sites is 2. The van der Waals surface area contributed by atoms with Gasteiger partial charge in [-0.05, 0) is 18.2 Å². The minimum atomic E-state index is -4.48. The lowest BCUT2D eigenvalue weighted by Crippen LogP contribution is -2.25. The molecule has 0 aliphatic carbocycles. The van der Waals surface area contributed by atoms with Crippen molar-refractivity contribution in [3.05, 3.63) is 102 Å². The van der Waals surface area contributed by atoms with Crippen molar-refractivity contribution in [1.29, 1.82) is 0 Å². The highest BCUT2D eigenvalue weighted by atomic mass is 19.4. The first-order valence-corrected chi connectivity index (χ1v) is 10.8. The largest absolute Gasteiger partial charge is 0.484 e. The topological polar surface area (TPSA) is 76.4 Å². The third-order valence-corrected chi connectivity index (χ3v) is 5.21. The van der Waals surface area contributed by atoms with Gasteiger partial charge in [0.15, 0.2) is 12.3 Å². The monoisotopic (exact) mass is 481 g/mol. The van der Waals surface area contributed by atoms with Gasteiger partial charge in [-0.2, -0.15) is 18.3 Å². The number of aromatic nitrogens is 2. The fourth-order valence-electron chi connectivity index (χ4n) is 3.64. The van der Waals surface area contributed by atoms with Gasteiger partial charge >= 0.3 is 6.18 Å². The molecule has 0 aliphatic heterocycles. The number of hydrogen-bond donors (Lipinski definition) is 2. The van der Waals surface area contributed by atoms with Gasteiger partial charge in [0.25, 0.3) is 5.91 Å². The number of amides is 1. The number of carbonyl (C=O) groups is 1. The van der Waals surface area contributed by atoms with Gasteiger partial charge in [-0.15, -0.1) is 0 Å². The Morgan fingerprint density at radius 1 is 0.943 bits per heavy atom. The minimum absolute atomic E-state index is 0.0175. The Kier molecular flexibility index (Phi) is 7.17. The molecule has 0 atom stereocenters. The Bertz CT molecular complexity index is 1290. The number of nitrogens with zero attached hydrogens (tertiary/aromatic N) is 2. The van der Waals surface area contributed by atoms with E-state index in [0.29, 0.717) is 22.5 Å². The molecule has 1 aromatic heterocycles. The number of aliphatic hydroxyl groups is 1. The Labute approximate surface area is 199 Å². The third-order valence-electron chi connectivity index (χ3n) is 5.21. The third kappa shape index (κ3) is 5.70. The summed E-state index contributed by atoms with van der Waals surface area (Å²) in [5.41, 5.74) is 2.76. The predicted octanol–water partition coefficient (Wildman–Crippen LogP) is 4.90. The second kappa shape index (κ2) is 10.4. The predicted molar refractivity (Wildman–Crippen MR) is 124 cm³/mol. The van der Waals surface area contributed by atoms with Crippen LogP contribution in [0.25, 0.3) is 16.9 Å². The molecule has 4 aromatic rings. The Morgan fingerprint density at radius 2 is 1.57 bits per heavy atom. The molecule has 0 spiro atoms. The van der Waals surface area contributed by atoms with Gasteiger partial charge in [0.1, 0.15) is 5.75 Å². The standard InChI is InChI=1S/C26H22F3N3O3/c27-26(28,29)17-35-22-14-8-7-11-19(22)15-30-25(34)23-21(16-33)24(18-9-3-1-4-10-18)32(31-23)20-12-5-2-6-13-20/h1-14,33H,15-17H2,(H,30,34). The van der Waals surface area contributed by atoms with Crippen LogP contribution in [0.4, 0.5) is 13.2 Å². The molecule has 0 saturated heterocycles. The Morgan fingerprint density at radius 3 is 2.23 bits per heavy atom. The summed E-state index contributed by atoms with van der Waals surface area (Å²) < 4.78 is 44.2. The number of ether oxygens (including phenoxy) is 1. The number of alkyl halides is 3. The van der Waals surface area contributed by atoms with Crippen molar-refractivity contribution in [3.8, 4) is 22.7 Å². The molecular formula is C26H22F3N3O3. The van der Waals surface area contributed by atoms with Gasteiger partial charge in [0.05, 0.1) is 18.0 Å². The van der Waals surface area contributed by atoms with E-state index in [1.165, 1.54) is 6.07 Å². The first-order chi connectivity index (χ1) is 16.9. The first kappa shape index (κ1) is 24.0. The number of rotatable bonds is 8. The SMILES string of the molecule is O=C(NCc1ccccc1OCC(F)(F)F)c1nn(-c2ccccc2)c(-c2ccccc2)c1CO. The lowest BCUT2D eigenvalue weighted by atomic mass is 10.1. The van der Waals surface area contributed by atoms with Gasteiger partial charge in [-0.25, -0.2) is 4.68 Å². The maximum Gasteiger partial charge on any atom is 0.422 e. The summed E-state index contributed by atoms with van der Waals surface area (Å²) in [7, 11) is 0. The number of carbonyl (C=O) groups excluding carboxylic acids is 1. The molecule has 4 rings (SSSR count). The van der Waals surface area contributed by atoms with Crippen LogP contribution >= 0.6 is 0 Å². The number of aliphatic hydroxyl groups excluding tert-OH is 1. The quantitative estimate of drug-likeness (QED) is 0.375. The molecule has 9 heteroatoms. The van der Waals surface area contributed by atoms with E-state index in [0.717, 1.165) is 5.56 Å². The van der Waals surface area contributed by atoms with Crippen LogP contribution in [-0.2, 0) is 13.2 Å². The zero-order chi connectivity index (χ0) is 24.8. The Balaban J connectivity index is 1.65. The van der Waals surface area contributed by atoms with Gasteiger partial charge < -0.3 is 15.2 Å². The van der Waals surface area contributed by atoms with Crippen LogP contribution < -0.4 is 10.1 Å². The molecule has 1 heterocycles. The van der Waals surface area contributed by atoms with Gasteiger partial charge in [-0.3, -0.25) is 4.79 Å². The van der Waals surface area contributed by atoms with E-state index in [-0.39, 0.29) is 18.0 Å². The molecule has 0 bridgehead atoms. The summed E-state index contributed by atoms with van der Waals surface area (Å²) in [6, 6.07) is 24.6. The minimum Gasteiger partial charge on any atom is -0.484 e. The summed E-state index contributed by atoms with van der Waals surface area (Å²) >= 11 is 0. The summed E-state index contributed by atoms with van der Waals surface area (Å²) in [5.74, 6) is -0.557. The zero-order valence-corrected chi connectivity index (χ0v) is 18.5. The van der Waals surface area contributed by atoms with Crippen LogP contribution in [0.3, 0.4) is 0 Å². The Hall–Kier alpha value is -4.11. The first-order valence-electron chi connectivity index (χ1n) is 10.8. The molecule has 3 aromatic carbocycles. The van der Waals surface area contributed by atoms with Crippen molar-refractivity contribution >= 4 is 5.91 Å². The number of benzene rings is 3.